The first-order chi connectivity index (χ1) is 12.1. The number of rotatable bonds is 6. The standard InChI is InChI=1S/C19H19Cl3N2O/c1-25-16-8-5-11(20)10-13(16)18-12(4-2-3-9-23)17-14(21)6-7-15(22)19(17)24-18/h5-8,10,24H,2-4,9,23H2,1H3. The second-order valence-electron chi connectivity index (χ2n) is 5.85. The summed E-state index contributed by atoms with van der Waals surface area (Å²) in [7, 11) is 1.64. The van der Waals surface area contributed by atoms with Gasteiger partial charge in [-0.15, -0.1) is 0 Å². The first-order valence-electron chi connectivity index (χ1n) is 8.09. The first-order valence-corrected chi connectivity index (χ1v) is 9.22. The van der Waals surface area contributed by atoms with Crippen LogP contribution in [0.4, 0.5) is 0 Å². The molecule has 0 atom stereocenters. The van der Waals surface area contributed by atoms with Crippen molar-refractivity contribution in [3.63, 3.8) is 0 Å². The van der Waals surface area contributed by atoms with Crippen LogP contribution in [0.5, 0.6) is 5.75 Å². The Morgan fingerprint density at radius 3 is 2.52 bits per heavy atom. The van der Waals surface area contributed by atoms with E-state index in [1.165, 1.54) is 0 Å². The molecular formula is C19H19Cl3N2O. The fourth-order valence-corrected chi connectivity index (χ4v) is 3.74. The Labute approximate surface area is 162 Å². The van der Waals surface area contributed by atoms with Crippen LogP contribution < -0.4 is 10.5 Å². The molecule has 0 aliphatic heterocycles. The molecule has 1 aromatic heterocycles. The van der Waals surface area contributed by atoms with Gasteiger partial charge in [0.05, 0.1) is 28.4 Å². The van der Waals surface area contributed by atoms with Crippen molar-refractivity contribution >= 4 is 45.7 Å². The highest BCUT2D eigenvalue weighted by atomic mass is 35.5. The van der Waals surface area contributed by atoms with Gasteiger partial charge in [0.25, 0.3) is 0 Å². The summed E-state index contributed by atoms with van der Waals surface area (Å²) >= 11 is 19.1. The smallest absolute Gasteiger partial charge is 0.128 e. The number of hydrogen-bond donors (Lipinski definition) is 2. The third-order valence-electron chi connectivity index (χ3n) is 4.27. The number of ether oxygens (including phenoxy) is 1. The Kier molecular flexibility index (Phi) is 5.80. The molecule has 132 valence electrons. The summed E-state index contributed by atoms with van der Waals surface area (Å²) in [4.78, 5) is 3.43. The fourth-order valence-electron chi connectivity index (χ4n) is 3.10. The van der Waals surface area contributed by atoms with Crippen LogP contribution in [0.15, 0.2) is 30.3 Å². The number of aromatic nitrogens is 1. The topological polar surface area (TPSA) is 51.0 Å². The van der Waals surface area contributed by atoms with Gasteiger partial charge in [-0.2, -0.15) is 0 Å². The molecule has 0 amide bonds. The quantitative estimate of drug-likeness (QED) is 0.495. The molecule has 0 fully saturated rings. The highest BCUT2D eigenvalue weighted by Crippen LogP contribution is 2.42. The average Bonchev–Trinajstić information content (AvgIpc) is 2.99. The highest BCUT2D eigenvalue weighted by Gasteiger charge is 2.20. The number of nitrogens with one attached hydrogen (secondary N) is 1. The molecule has 3 rings (SSSR count). The van der Waals surface area contributed by atoms with Gasteiger partial charge in [0.2, 0.25) is 0 Å². The lowest BCUT2D eigenvalue weighted by Crippen LogP contribution is -1.99. The average molecular weight is 398 g/mol. The second kappa shape index (κ2) is 7.88. The normalized spacial score (nSPS) is 11.2. The van der Waals surface area contributed by atoms with E-state index in [1.54, 1.807) is 19.2 Å². The van der Waals surface area contributed by atoms with E-state index in [2.05, 4.69) is 4.98 Å². The lowest BCUT2D eigenvalue weighted by molar-refractivity contribution is 0.416. The van der Waals surface area contributed by atoms with Gasteiger partial charge in [0, 0.05) is 16.0 Å². The number of H-pyrrole nitrogens is 1. The Balaban J connectivity index is 2.27. The molecule has 0 spiro atoms. The van der Waals surface area contributed by atoms with Crippen molar-refractivity contribution in [1.82, 2.24) is 4.98 Å². The fraction of sp³-hybridized carbons (Fsp3) is 0.263. The minimum atomic E-state index is 0.631. The van der Waals surface area contributed by atoms with Gasteiger partial charge in [0.1, 0.15) is 5.75 Å². The molecule has 25 heavy (non-hydrogen) atoms. The number of benzene rings is 2. The molecule has 0 unspecified atom stereocenters. The zero-order chi connectivity index (χ0) is 18.0. The third kappa shape index (κ3) is 3.61. The first kappa shape index (κ1) is 18.4. The number of halogens is 3. The molecule has 0 saturated carbocycles. The van der Waals surface area contributed by atoms with Crippen LogP contribution in [0.3, 0.4) is 0 Å². The number of aromatic amines is 1. The van der Waals surface area contributed by atoms with E-state index >= 15 is 0 Å². The Hall–Kier alpha value is -1.39. The maximum Gasteiger partial charge on any atom is 0.128 e. The largest absolute Gasteiger partial charge is 0.496 e. The van der Waals surface area contributed by atoms with E-state index < -0.39 is 0 Å². The minimum absolute atomic E-state index is 0.631. The summed E-state index contributed by atoms with van der Waals surface area (Å²) in [6.45, 7) is 0.659. The predicted molar refractivity (Wildman–Crippen MR) is 107 cm³/mol. The lowest BCUT2D eigenvalue weighted by atomic mass is 9.99. The van der Waals surface area contributed by atoms with Crippen LogP contribution in [0.1, 0.15) is 18.4 Å². The number of fused-ring (bicyclic) bond motifs is 1. The molecule has 2 aromatic carbocycles. The van der Waals surface area contributed by atoms with E-state index in [4.69, 9.17) is 45.3 Å². The molecule has 0 aliphatic carbocycles. The lowest BCUT2D eigenvalue weighted by Gasteiger charge is -2.10. The Morgan fingerprint density at radius 2 is 1.80 bits per heavy atom. The molecule has 3 nitrogen and oxygen atoms in total. The van der Waals surface area contributed by atoms with Crippen molar-refractivity contribution in [2.75, 3.05) is 13.7 Å². The van der Waals surface area contributed by atoms with Crippen molar-refractivity contribution in [1.29, 1.82) is 0 Å². The molecular weight excluding hydrogens is 379 g/mol. The van der Waals surface area contributed by atoms with Crippen LogP contribution in [0, 0.1) is 0 Å². The molecule has 0 radical (unpaired) electrons. The van der Waals surface area contributed by atoms with Crippen molar-refractivity contribution in [3.05, 3.63) is 51.0 Å². The third-order valence-corrected chi connectivity index (χ3v) is 5.13. The van der Waals surface area contributed by atoms with Crippen LogP contribution in [0.2, 0.25) is 15.1 Å². The molecule has 1 heterocycles. The predicted octanol–water partition coefficient (Wildman–Crippen LogP) is 6.09. The van der Waals surface area contributed by atoms with Gasteiger partial charge in [-0.25, -0.2) is 0 Å². The second-order valence-corrected chi connectivity index (χ2v) is 7.10. The molecule has 6 heteroatoms. The molecule has 0 saturated heterocycles. The molecule has 0 bridgehead atoms. The number of aryl methyl sites for hydroxylation is 1. The van der Waals surface area contributed by atoms with Crippen molar-refractivity contribution in [2.24, 2.45) is 5.73 Å². The van der Waals surface area contributed by atoms with E-state index in [9.17, 15) is 0 Å². The van der Waals surface area contributed by atoms with Gasteiger partial charge in [-0.3, -0.25) is 0 Å². The minimum Gasteiger partial charge on any atom is -0.496 e. The maximum atomic E-state index is 6.49. The highest BCUT2D eigenvalue weighted by molar-refractivity contribution is 6.40. The van der Waals surface area contributed by atoms with Gasteiger partial charge in [0.15, 0.2) is 0 Å². The van der Waals surface area contributed by atoms with Gasteiger partial charge >= 0.3 is 0 Å². The summed E-state index contributed by atoms with van der Waals surface area (Å²) in [5.74, 6) is 0.739. The summed E-state index contributed by atoms with van der Waals surface area (Å²) in [5, 5.41) is 2.89. The van der Waals surface area contributed by atoms with Gasteiger partial charge in [-0.05, 0) is 61.7 Å². The van der Waals surface area contributed by atoms with Crippen LogP contribution >= 0.6 is 34.8 Å². The van der Waals surface area contributed by atoms with E-state index in [-0.39, 0.29) is 0 Å². The molecule has 0 aliphatic rings. The van der Waals surface area contributed by atoms with E-state index in [0.29, 0.717) is 21.6 Å². The van der Waals surface area contributed by atoms with Crippen molar-refractivity contribution in [2.45, 2.75) is 19.3 Å². The van der Waals surface area contributed by atoms with E-state index in [0.717, 1.165) is 52.7 Å². The number of hydrogen-bond acceptors (Lipinski definition) is 2. The zero-order valence-corrected chi connectivity index (χ0v) is 16.1. The summed E-state index contributed by atoms with van der Waals surface area (Å²) in [6.07, 6.45) is 2.74. The van der Waals surface area contributed by atoms with E-state index in [1.807, 2.05) is 18.2 Å². The number of nitrogens with two attached hydrogens (primary N) is 1. The van der Waals surface area contributed by atoms with Crippen LogP contribution in [-0.2, 0) is 6.42 Å². The molecule has 3 N–H and O–H groups in total. The Bertz CT molecular complexity index is 905. The van der Waals surface area contributed by atoms with Crippen molar-refractivity contribution < 1.29 is 4.74 Å². The number of unbranched alkanes of at least 4 members (excludes halogenated alkanes) is 1. The summed E-state index contributed by atoms with van der Waals surface area (Å²) < 4.78 is 5.53. The van der Waals surface area contributed by atoms with Gasteiger partial charge < -0.3 is 15.5 Å². The summed E-state index contributed by atoms with van der Waals surface area (Å²) in [5.41, 5.74) is 9.41. The monoisotopic (exact) mass is 396 g/mol. The van der Waals surface area contributed by atoms with Crippen molar-refractivity contribution in [3.8, 4) is 17.0 Å². The van der Waals surface area contributed by atoms with Crippen LogP contribution in [-0.4, -0.2) is 18.6 Å². The zero-order valence-electron chi connectivity index (χ0n) is 13.8. The van der Waals surface area contributed by atoms with Gasteiger partial charge in [-0.1, -0.05) is 34.8 Å². The maximum absolute atomic E-state index is 6.49. The number of methoxy groups -OCH3 is 1. The molecule has 3 aromatic rings. The summed E-state index contributed by atoms with van der Waals surface area (Å²) in [6, 6.07) is 9.17. The Morgan fingerprint density at radius 1 is 1.04 bits per heavy atom. The van der Waals surface area contributed by atoms with Crippen LogP contribution in [0.25, 0.3) is 22.2 Å². The SMILES string of the molecule is COc1ccc(Cl)cc1-c1[nH]c2c(Cl)ccc(Cl)c2c1CCCCN.